The molecule has 0 radical (unpaired) electrons. The first-order valence-corrected chi connectivity index (χ1v) is 5.82. The molecular weight excluding hydrogens is 272 g/mol. The number of hydrogen-bond acceptors (Lipinski definition) is 7. The highest BCUT2D eigenvalue weighted by atomic mass is 17.8. The molecule has 0 saturated carbocycles. The van der Waals surface area contributed by atoms with Gasteiger partial charge in [-0.05, 0) is 29.7 Å². The normalized spacial score (nSPS) is 10.2. The zero-order valence-corrected chi connectivity index (χ0v) is 10.7. The third-order valence-electron chi connectivity index (χ3n) is 2.14. The Morgan fingerprint density at radius 2 is 1.90 bits per heavy atom. The lowest BCUT2D eigenvalue weighted by molar-refractivity contribution is -0.696. The van der Waals surface area contributed by atoms with E-state index >= 15 is 0 Å². The number of hydrogen-bond donors (Lipinski definition) is 1. The third-order valence-corrected chi connectivity index (χ3v) is 2.14. The third kappa shape index (κ3) is 5.76. The van der Waals surface area contributed by atoms with Crippen LogP contribution >= 0.6 is 0 Å². The lowest BCUT2D eigenvalue weighted by atomic mass is 10.1. The molecule has 0 saturated heterocycles. The number of carboxylic acids is 1. The van der Waals surface area contributed by atoms with E-state index < -0.39 is 11.9 Å². The summed E-state index contributed by atoms with van der Waals surface area (Å²) in [5.74, 6) is -2.10. The summed E-state index contributed by atoms with van der Waals surface area (Å²) in [6.45, 7) is 2.27. The quantitative estimate of drug-likeness (QED) is 0.418. The number of carbonyl (C=O) groups excluding carboxylic acids is 1. The monoisotopic (exact) mass is 286 g/mol. The summed E-state index contributed by atoms with van der Waals surface area (Å²) in [6.07, 6.45) is 1.68. The van der Waals surface area contributed by atoms with Gasteiger partial charge in [0.05, 0.1) is 17.7 Å². The molecule has 0 aliphatic rings. The maximum absolute atomic E-state index is 11.4. The van der Waals surface area contributed by atoms with Crippen molar-refractivity contribution in [3.05, 3.63) is 35.4 Å². The Bertz CT molecular complexity index is 445. The van der Waals surface area contributed by atoms with Crippen LogP contribution < -0.4 is 0 Å². The molecule has 0 heterocycles. The molecule has 1 aromatic carbocycles. The van der Waals surface area contributed by atoms with Crippen LogP contribution in [0, 0.1) is 0 Å². The van der Waals surface area contributed by atoms with E-state index in [1.807, 2.05) is 6.92 Å². The molecule has 110 valence electrons. The van der Waals surface area contributed by atoms with Crippen LogP contribution in [0.25, 0.3) is 0 Å². The van der Waals surface area contributed by atoms with E-state index in [4.69, 9.17) is 5.11 Å². The number of benzene rings is 1. The molecule has 0 bridgehead atoms. The molecule has 1 aromatic rings. The Hall–Kier alpha value is -2.00. The summed E-state index contributed by atoms with van der Waals surface area (Å²) in [6, 6.07) is 5.22. The van der Waals surface area contributed by atoms with Gasteiger partial charge < -0.3 is 5.11 Å². The Morgan fingerprint density at radius 3 is 2.60 bits per heavy atom. The first-order chi connectivity index (χ1) is 9.65. The van der Waals surface area contributed by atoms with Crippen molar-refractivity contribution in [3.63, 3.8) is 0 Å². The summed E-state index contributed by atoms with van der Waals surface area (Å²) >= 11 is 0. The highest BCUT2D eigenvalue weighted by molar-refractivity contribution is 5.94. The number of carboxylic acid groups (broad SMARTS) is 1. The van der Waals surface area contributed by atoms with Crippen LogP contribution in [-0.2, 0) is 24.9 Å². The van der Waals surface area contributed by atoms with Crippen molar-refractivity contribution in [2.45, 2.75) is 19.8 Å². The Labute approximate surface area is 114 Å². The fraction of sp³-hybridized carbons (Fsp3) is 0.333. The molecular formula is C12H14O8. The summed E-state index contributed by atoms with van der Waals surface area (Å²) in [4.78, 5) is 30.9. The summed E-state index contributed by atoms with van der Waals surface area (Å²) in [5.41, 5.74) is -0.0695. The molecule has 0 amide bonds. The Balaban J connectivity index is 2.29. The fourth-order valence-corrected chi connectivity index (χ4v) is 1.14. The summed E-state index contributed by atoms with van der Waals surface area (Å²) in [5, 5.41) is 20.8. The standard InChI is InChI=1S/C12H14O8/c1-2-3-7-16-18-20-19-17-12(15)10-6-4-5-9(8-10)11(13)14/h4-6,8H,2-3,7H2,1H3,(H,13,14). The summed E-state index contributed by atoms with van der Waals surface area (Å²) < 4.78 is 0. The van der Waals surface area contributed by atoms with Gasteiger partial charge in [0.1, 0.15) is 0 Å². The van der Waals surface area contributed by atoms with Gasteiger partial charge in [-0.25, -0.2) is 14.5 Å². The maximum Gasteiger partial charge on any atom is 0.376 e. The molecule has 0 unspecified atom stereocenters. The fourth-order valence-electron chi connectivity index (χ4n) is 1.14. The smallest absolute Gasteiger partial charge is 0.376 e. The molecule has 0 aromatic heterocycles. The van der Waals surface area contributed by atoms with E-state index in [2.05, 4.69) is 24.9 Å². The lowest BCUT2D eigenvalue weighted by Crippen LogP contribution is -2.09. The molecule has 0 aliphatic carbocycles. The van der Waals surface area contributed by atoms with Crippen molar-refractivity contribution >= 4 is 11.9 Å². The molecule has 8 nitrogen and oxygen atoms in total. The second-order valence-electron chi connectivity index (χ2n) is 3.64. The van der Waals surface area contributed by atoms with Gasteiger partial charge in [0.25, 0.3) is 0 Å². The molecule has 8 heteroatoms. The zero-order chi connectivity index (χ0) is 14.8. The molecule has 0 fully saturated rings. The predicted molar refractivity (Wildman–Crippen MR) is 62.9 cm³/mol. The molecule has 1 rings (SSSR count). The highest BCUT2D eigenvalue weighted by Gasteiger charge is 2.12. The van der Waals surface area contributed by atoms with Gasteiger partial charge in [-0.3, -0.25) is 4.89 Å². The van der Waals surface area contributed by atoms with Crippen LogP contribution in [0.5, 0.6) is 0 Å². The van der Waals surface area contributed by atoms with Crippen LogP contribution in [0.2, 0.25) is 0 Å². The average Bonchev–Trinajstić information content (AvgIpc) is 2.46. The maximum atomic E-state index is 11.4. The minimum absolute atomic E-state index is 0.0135. The zero-order valence-electron chi connectivity index (χ0n) is 10.7. The van der Waals surface area contributed by atoms with E-state index in [0.717, 1.165) is 18.9 Å². The second-order valence-corrected chi connectivity index (χ2v) is 3.64. The van der Waals surface area contributed by atoms with Crippen LogP contribution in [0.4, 0.5) is 0 Å². The highest BCUT2D eigenvalue weighted by Crippen LogP contribution is 2.07. The van der Waals surface area contributed by atoms with Gasteiger partial charge in [-0.2, -0.15) is 0 Å². The molecule has 0 spiro atoms. The van der Waals surface area contributed by atoms with Crippen LogP contribution in [0.3, 0.4) is 0 Å². The van der Waals surface area contributed by atoms with Gasteiger partial charge in [0, 0.05) is 10.1 Å². The van der Waals surface area contributed by atoms with E-state index in [-0.39, 0.29) is 11.1 Å². The van der Waals surface area contributed by atoms with Gasteiger partial charge in [-0.15, -0.1) is 0 Å². The predicted octanol–water partition coefficient (Wildman–Crippen LogP) is 2.07. The van der Waals surface area contributed by atoms with Crippen LogP contribution in [0.15, 0.2) is 24.3 Å². The van der Waals surface area contributed by atoms with Crippen molar-refractivity contribution in [3.8, 4) is 0 Å². The minimum atomic E-state index is -1.16. The first-order valence-electron chi connectivity index (χ1n) is 5.82. The number of aromatic carboxylic acids is 1. The number of unbranched alkanes of at least 4 members (excludes halogenated alkanes) is 1. The van der Waals surface area contributed by atoms with Crippen molar-refractivity contribution in [2.75, 3.05) is 6.61 Å². The first kappa shape index (κ1) is 16.1. The van der Waals surface area contributed by atoms with Gasteiger partial charge >= 0.3 is 11.9 Å². The summed E-state index contributed by atoms with van der Waals surface area (Å²) in [7, 11) is 0. The van der Waals surface area contributed by atoms with Crippen molar-refractivity contribution in [2.24, 2.45) is 0 Å². The van der Waals surface area contributed by atoms with Crippen LogP contribution in [0.1, 0.15) is 40.5 Å². The van der Waals surface area contributed by atoms with Crippen molar-refractivity contribution < 1.29 is 39.6 Å². The van der Waals surface area contributed by atoms with Gasteiger partial charge in [0.2, 0.25) is 0 Å². The molecule has 0 aliphatic heterocycles. The SMILES string of the molecule is CCCCOOOOOC(=O)c1cccc(C(=O)O)c1. The Morgan fingerprint density at radius 1 is 1.15 bits per heavy atom. The Kier molecular flexibility index (Phi) is 7.22. The van der Waals surface area contributed by atoms with E-state index in [1.54, 1.807) is 0 Å². The second kappa shape index (κ2) is 8.99. The van der Waals surface area contributed by atoms with E-state index in [0.29, 0.717) is 6.61 Å². The number of carbonyl (C=O) groups is 2. The van der Waals surface area contributed by atoms with E-state index in [9.17, 15) is 9.59 Å². The van der Waals surface area contributed by atoms with E-state index in [1.165, 1.54) is 18.2 Å². The largest absolute Gasteiger partial charge is 0.478 e. The molecule has 20 heavy (non-hydrogen) atoms. The average molecular weight is 286 g/mol. The molecule has 1 N–H and O–H groups in total. The van der Waals surface area contributed by atoms with Gasteiger partial charge in [0.15, 0.2) is 0 Å². The topological polar surface area (TPSA) is 101 Å². The van der Waals surface area contributed by atoms with Crippen LogP contribution in [-0.4, -0.2) is 23.7 Å². The lowest BCUT2D eigenvalue weighted by Gasteiger charge is -2.02. The van der Waals surface area contributed by atoms with Crippen molar-refractivity contribution in [1.82, 2.24) is 0 Å². The van der Waals surface area contributed by atoms with Gasteiger partial charge in [-0.1, -0.05) is 19.4 Å². The minimum Gasteiger partial charge on any atom is -0.478 e. The molecule has 0 atom stereocenters. The number of rotatable bonds is 9. The van der Waals surface area contributed by atoms with Crippen molar-refractivity contribution in [1.29, 1.82) is 0 Å².